The summed E-state index contributed by atoms with van der Waals surface area (Å²) in [4.78, 5) is 7.77. The standard InChI is InChI=1S/C8H9BrF3N3O/c1-13-7-5(9)2-14-6(15-7)3-16-4-8(10,11)12/h2H,3-4H2,1H3,(H,13,14,15). The highest BCUT2D eigenvalue weighted by atomic mass is 79.9. The number of nitrogens with zero attached hydrogens (tertiary/aromatic N) is 2. The number of alkyl halides is 3. The van der Waals surface area contributed by atoms with Crippen molar-refractivity contribution in [1.82, 2.24) is 9.97 Å². The van der Waals surface area contributed by atoms with Gasteiger partial charge in [0.1, 0.15) is 19.0 Å². The van der Waals surface area contributed by atoms with E-state index in [9.17, 15) is 13.2 Å². The average molecular weight is 300 g/mol. The van der Waals surface area contributed by atoms with Crippen molar-refractivity contribution in [2.24, 2.45) is 0 Å². The van der Waals surface area contributed by atoms with Crippen molar-refractivity contribution >= 4 is 21.7 Å². The van der Waals surface area contributed by atoms with Crippen molar-refractivity contribution < 1.29 is 17.9 Å². The Morgan fingerprint density at radius 1 is 1.50 bits per heavy atom. The molecule has 0 aromatic carbocycles. The summed E-state index contributed by atoms with van der Waals surface area (Å²) >= 11 is 3.18. The molecule has 1 rings (SSSR count). The van der Waals surface area contributed by atoms with Crippen LogP contribution in [0.3, 0.4) is 0 Å². The van der Waals surface area contributed by atoms with E-state index in [0.29, 0.717) is 10.3 Å². The van der Waals surface area contributed by atoms with Crippen molar-refractivity contribution in [3.8, 4) is 0 Å². The highest BCUT2D eigenvalue weighted by Crippen LogP contribution is 2.19. The molecule has 0 aliphatic rings. The van der Waals surface area contributed by atoms with Crippen LogP contribution < -0.4 is 5.32 Å². The maximum absolute atomic E-state index is 11.8. The summed E-state index contributed by atoms with van der Waals surface area (Å²) < 4.78 is 40.4. The van der Waals surface area contributed by atoms with Crippen molar-refractivity contribution in [2.45, 2.75) is 12.8 Å². The van der Waals surface area contributed by atoms with Gasteiger partial charge in [-0.05, 0) is 15.9 Å². The summed E-state index contributed by atoms with van der Waals surface area (Å²) in [6.07, 6.45) is -2.88. The Hall–Kier alpha value is -0.890. The largest absolute Gasteiger partial charge is 0.411 e. The van der Waals surface area contributed by atoms with E-state index in [4.69, 9.17) is 0 Å². The predicted octanol–water partition coefficient (Wildman–Crippen LogP) is 2.36. The van der Waals surface area contributed by atoms with Gasteiger partial charge in [-0.25, -0.2) is 9.97 Å². The van der Waals surface area contributed by atoms with Crippen LogP contribution in [0, 0.1) is 0 Å². The molecule has 0 unspecified atom stereocenters. The third-order valence-corrected chi connectivity index (χ3v) is 2.11. The van der Waals surface area contributed by atoms with Crippen LogP contribution in [0.5, 0.6) is 0 Å². The summed E-state index contributed by atoms with van der Waals surface area (Å²) in [5.74, 6) is 0.692. The van der Waals surface area contributed by atoms with Gasteiger partial charge < -0.3 is 10.1 Å². The zero-order chi connectivity index (χ0) is 12.2. The van der Waals surface area contributed by atoms with Gasteiger partial charge in [-0.3, -0.25) is 0 Å². The molecule has 0 saturated carbocycles. The fraction of sp³-hybridized carbons (Fsp3) is 0.500. The number of anilines is 1. The maximum atomic E-state index is 11.8. The van der Waals surface area contributed by atoms with Crippen molar-refractivity contribution in [2.75, 3.05) is 19.0 Å². The van der Waals surface area contributed by atoms with Gasteiger partial charge in [0, 0.05) is 13.2 Å². The Balaban J connectivity index is 2.55. The molecular weight excluding hydrogens is 291 g/mol. The van der Waals surface area contributed by atoms with E-state index in [0.717, 1.165) is 0 Å². The zero-order valence-electron chi connectivity index (χ0n) is 8.31. The third-order valence-electron chi connectivity index (χ3n) is 1.53. The first kappa shape index (κ1) is 13.2. The van der Waals surface area contributed by atoms with E-state index in [1.807, 2.05) is 0 Å². The first-order valence-electron chi connectivity index (χ1n) is 4.26. The number of halogens is 4. The van der Waals surface area contributed by atoms with Crippen LogP contribution in [0.4, 0.5) is 19.0 Å². The second-order valence-electron chi connectivity index (χ2n) is 2.84. The van der Waals surface area contributed by atoms with Crippen LogP contribution in [0.15, 0.2) is 10.7 Å². The van der Waals surface area contributed by atoms with E-state index in [1.165, 1.54) is 6.20 Å². The fourth-order valence-corrected chi connectivity index (χ4v) is 1.30. The SMILES string of the molecule is CNc1nc(COCC(F)(F)F)ncc1Br. The Kier molecular flexibility index (Phi) is 4.48. The molecule has 16 heavy (non-hydrogen) atoms. The molecule has 0 aliphatic heterocycles. The van der Waals surface area contributed by atoms with Crippen LogP contribution >= 0.6 is 15.9 Å². The minimum atomic E-state index is -4.33. The second-order valence-corrected chi connectivity index (χ2v) is 3.70. The van der Waals surface area contributed by atoms with Gasteiger partial charge in [0.25, 0.3) is 0 Å². The third kappa shape index (κ3) is 4.31. The van der Waals surface area contributed by atoms with Crippen molar-refractivity contribution in [3.63, 3.8) is 0 Å². The lowest BCUT2D eigenvalue weighted by atomic mass is 10.5. The lowest BCUT2D eigenvalue weighted by molar-refractivity contribution is -0.177. The molecule has 1 aromatic heterocycles. The molecule has 0 spiro atoms. The first-order chi connectivity index (χ1) is 7.42. The van der Waals surface area contributed by atoms with Gasteiger partial charge in [-0.15, -0.1) is 0 Å². The van der Waals surface area contributed by atoms with Crippen LogP contribution in [0.1, 0.15) is 5.82 Å². The first-order valence-corrected chi connectivity index (χ1v) is 5.05. The summed E-state index contributed by atoms with van der Waals surface area (Å²) in [6.45, 7) is -1.58. The maximum Gasteiger partial charge on any atom is 0.411 e. The highest BCUT2D eigenvalue weighted by Gasteiger charge is 2.27. The molecule has 0 fully saturated rings. The molecule has 1 aromatic rings. The topological polar surface area (TPSA) is 47.0 Å². The Labute approximate surface area is 98.4 Å². The minimum absolute atomic E-state index is 0.191. The number of aromatic nitrogens is 2. The second kappa shape index (κ2) is 5.44. The molecule has 4 nitrogen and oxygen atoms in total. The lowest BCUT2D eigenvalue weighted by Gasteiger charge is -2.08. The number of rotatable bonds is 4. The van der Waals surface area contributed by atoms with Gasteiger partial charge in [0.05, 0.1) is 4.47 Å². The van der Waals surface area contributed by atoms with E-state index < -0.39 is 12.8 Å². The Morgan fingerprint density at radius 2 is 2.19 bits per heavy atom. The molecule has 0 bridgehead atoms. The molecule has 0 aliphatic carbocycles. The number of hydrogen-bond acceptors (Lipinski definition) is 4. The highest BCUT2D eigenvalue weighted by molar-refractivity contribution is 9.10. The molecule has 1 heterocycles. The van der Waals surface area contributed by atoms with E-state index in [1.54, 1.807) is 7.05 Å². The molecule has 0 radical (unpaired) electrons. The smallest absolute Gasteiger partial charge is 0.372 e. The van der Waals surface area contributed by atoms with E-state index >= 15 is 0 Å². The lowest BCUT2D eigenvalue weighted by Crippen LogP contribution is -2.17. The van der Waals surface area contributed by atoms with Crippen LogP contribution in [-0.4, -0.2) is 29.8 Å². The molecule has 90 valence electrons. The summed E-state index contributed by atoms with van der Waals surface area (Å²) in [6, 6.07) is 0. The van der Waals surface area contributed by atoms with Gasteiger partial charge >= 0.3 is 6.18 Å². The molecule has 8 heteroatoms. The molecule has 0 saturated heterocycles. The quantitative estimate of drug-likeness (QED) is 0.927. The monoisotopic (exact) mass is 299 g/mol. The fourth-order valence-electron chi connectivity index (χ4n) is 0.907. The van der Waals surface area contributed by atoms with Crippen LogP contribution in [0.2, 0.25) is 0 Å². The van der Waals surface area contributed by atoms with Crippen LogP contribution in [0.25, 0.3) is 0 Å². The van der Waals surface area contributed by atoms with Gasteiger partial charge in [-0.2, -0.15) is 13.2 Å². The molecular formula is C8H9BrF3N3O. The van der Waals surface area contributed by atoms with E-state index in [-0.39, 0.29) is 12.4 Å². The molecule has 0 atom stereocenters. The zero-order valence-corrected chi connectivity index (χ0v) is 9.89. The number of ether oxygens (including phenoxy) is 1. The van der Waals surface area contributed by atoms with Crippen molar-refractivity contribution in [3.05, 3.63) is 16.5 Å². The average Bonchev–Trinajstić information content (AvgIpc) is 2.18. The Bertz CT molecular complexity index is 359. The minimum Gasteiger partial charge on any atom is -0.372 e. The normalized spacial score (nSPS) is 11.6. The number of nitrogens with one attached hydrogen (secondary N) is 1. The predicted molar refractivity (Wildman–Crippen MR) is 55.0 cm³/mol. The molecule has 0 amide bonds. The van der Waals surface area contributed by atoms with Gasteiger partial charge in [0.15, 0.2) is 5.82 Å². The summed E-state index contributed by atoms with van der Waals surface area (Å²) in [5.41, 5.74) is 0. The Morgan fingerprint density at radius 3 is 2.75 bits per heavy atom. The van der Waals surface area contributed by atoms with Gasteiger partial charge in [0.2, 0.25) is 0 Å². The van der Waals surface area contributed by atoms with Crippen molar-refractivity contribution in [1.29, 1.82) is 0 Å². The van der Waals surface area contributed by atoms with Crippen LogP contribution in [-0.2, 0) is 11.3 Å². The van der Waals surface area contributed by atoms with Gasteiger partial charge in [-0.1, -0.05) is 0 Å². The molecule has 1 N–H and O–H groups in total. The summed E-state index contributed by atoms with van der Waals surface area (Å²) in [5, 5.41) is 2.77. The van der Waals surface area contributed by atoms with E-state index in [2.05, 4.69) is 36.0 Å². The summed E-state index contributed by atoms with van der Waals surface area (Å²) in [7, 11) is 1.65. The number of hydrogen-bond donors (Lipinski definition) is 1.